The summed E-state index contributed by atoms with van der Waals surface area (Å²) in [7, 11) is 0. The van der Waals surface area contributed by atoms with E-state index in [-0.39, 0.29) is 17.1 Å². The Hall–Kier alpha value is -1.43. The molecule has 1 aromatic heterocycles. The zero-order chi connectivity index (χ0) is 15.2. The number of amides is 1. The number of hydrogen-bond donors (Lipinski definition) is 2. The lowest BCUT2D eigenvalue weighted by Crippen LogP contribution is -2.35. The highest BCUT2D eigenvalue weighted by molar-refractivity contribution is 5.90. The summed E-state index contributed by atoms with van der Waals surface area (Å²) in [6.45, 7) is 13.9. The Labute approximate surface area is 121 Å². The zero-order valence-corrected chi connectivity index (χ0v) is 13.3. The van der Waals surface area contributed by atoms with Crippen LogP contribution in [0.5, 0.6) is 0 Å². The highest BCUT2D eigenvalue weighted by atomic mass is 16.2. The summed E-state index contributed by atoms with van der Waals surface area (Å²) in [5, 5.41) is 9.66. The number of nitrogens with zero attached hydrogens (tertiary/aromatic N) is 3. The molecule has 0 saturated carbocycles. The number of nitrogens with one attached hydrogen (secondary N) is 2. The van der Waals surface area contributed by atoms with Crippen molar-refractivity contribution >= 4 is 5.91 Å². The van der Waals surface area contributed by atoms with Crippen LogP contribution in [0.3, 0.4) is 0 Å². The number of carbonyl (C=O) groups is 1. The Kier molecular flexibility index (Phi) is 6.13. The molecule has 0 aliphatic carbocycles. The van der Waals surface area contributed by atoms with Crippen molar-refractivity contribution in [1.29, 1.82) is 0 Å². The van der Waals surface area contributed by atoms with Crippen LogP contribution in [0, 0.1) is 0 Å². The monoisotopic (exact) mass is 281 g/mol. The molecule has 6 heteroatoms. The molecule has 0 spiro atoms. The van der Waals surface area contributed by atoms with E-state index in [1.165, 1.54) is 0 Å². The first kappa shape index (κ1) is 16.6. The molecule has 0 aromatic carbocycles. The Bertz CT molecular complexity index is 421. The smallest absolute Gasteiger partial charge is 0.291 e. The third-order valence-electron chi connectivity index (χ3n) is 3.10. The van der Waals surface area contributed by atoms with Crippen LogP contribution in [-0.4, -0.2) is 52.2 Å². The highest BCUT2D eigenvalue weighted by Crippen LogP contribution is 2.17. The van der Waals surface area contributed by atoms with E-state index in [2.05, 4.69) is 39.2 Å². The van der Waals surface area contributed by atoms with Crippen LogP contribution in [-0.2, 0) is 5.41 Å². The molecular formula is C14H27N5O. The average Bonchev–Trinajstić information content (AvgIpc) is 2.87. The van der Waals surface area contributed by atoms with Gasteiger partial charge in [-0.2, -0.15) is 0 Å². The second kappa shape index (κ2) is 7.38. The van der Waals surface area contributed by atoms with E-state index in [4.69, 9.17) is 0 Å². The summed E-state index contributed by atoms with van der Waals surface area (Å²) < 4.78 is 0. The van der Waals surface area contributed by atoms with Gasteiger partial charge in [0.25, 0.3) is 5.91 Å². The Morgan fingerprint density at radius 3 is 2.50 bits per heavy atom. The van der Waals surface area contributed by atoms with Crippen molar-refractivity contribution < 1.29 is 4.79 Å². The molecule has 1 heterocycles. The lowest BCUT2D eigenvalue weighted by molar-refractivity contribution is 0.0938. The highest BCUT2D eigenvalue weighted by Gasteiger charge is 2.21. The first-order chi connectivity index (χ1) is 9.38. The normalized spacial score (nSPS) is 11.9. The lowest BCUT2D eigenvalue weighted by Gasteiger charge is -2.19. The Morgan fingerprint density at radius 2 is 2.00 bits per heavy atom. The largest absolute Gasteiger partial charge is 0.348 e. The van der Waals surface area contributed by atoms with E-state index in [0.717, 1.165) is 31.9 Å². The first-order valence-electron chi connectivity index (χ1n) is 7.32. The van der Waals surface area contributed by atoms with Crippen LogP contribution in [0.1, 0.15) is 57.5 Å². The molecular weight excluding hydrogens is 254 g/mol. The number of carbonyl (C=O) groups excluding carboxylic acids is 1. The van der Waals surface area contributed by atoms with E-state index >= 15 is 0 Å². The summed E-state index contributed by atoms with van der Waals surface area (Å²) in [6.07, 6.45) is 1.12. The van der Waals surface area contributed by atoms with Crippen LogP contribution >= 0.6 is 0 Å². The number of hydrogen-bond acceptors (Lipinski definition) is 4. The van der Waals surface area contributed by atoms with Crippen molar-refractivity contribution in [2.24, 2.45) is 0 Å². The van der Waals surface area contributed by atoms with Crippen molar-refractivity contribution in [2.45, 2.75) is 46.5 Å². The fourth-order valence-corrected chi connectivity index (χ4v) is 1.85. The maximum Gasteiger partial charge on any atom is 0.291 e. The molecule has 1 rings (SSSR count). The van der Waals surface area contributed by atoms with Gasteiger partial charge in [0.1, 0.15) is 5.82 Å². The van der Waals surface area contributed by atoms with Gasteiger partial charge in [0.15, 0.2) is 0 Å². The predicted octanol–water partition coefficient (Wildman–Crippen LogP) is 1.56. The average molecular weight is 281 g/mol. The molecule has 0 aliphatic heterocycles. The Balaban J connectivity index is 2.45. The van der Waals surface area contributed by atoms with Crippen molar-refractivity contribution in [2.75, 3.05) is 26.2 Å². The standard InChI is InChI=1S/C14H27N5O/c1-6-9-19(7-2)10-8-15-12(20)11-16-13(18-17-11)14(3,4)5/h6-10H2,1-5H3,(H,15,20)(H,16,17,18). The minimum absolute atomic E-state index is 0.133. The fourth-order valence-electron chi connectivity index (χ4n) is 1.85. The van der Waals surface area contributed by atoms with Gasteiger partial charge in [-0.05, 0) is 19.5 Å². The number of rotatable bonds is 7. The summed E-state index contributed by atoms with van der Waals surface area (Å²) in [4.78, 5) is 18.5. The van der Waals surface area contributed by atoms with Gasteiger partial charge in [-0.3, -0.25) is 9.89 Å². The van der Waals surface area contributed by atoms with Crippen molar-refractivity contribution in [3.63, 3.8) is 0 Å². The van der Waals surface area contributed by atoms with Crippen LogP contribution in [0.2, 0.25) is 0 Å². The summed E-state index contributed by atoms with van der Waals surface area (Å²) in [5.74, 6) is 0.724. The third-order valence-corrected chi connectivity index (χ3v) is 3.10. The SMILES string of the molecule is CCCN(CC)CCNC(=O)c1n[nH]c(C(C)(C)C)n1. The molecule has 0 atom stereocenters. The lowest BCUT2D eigenvalue weighted by atomic mass is 9.96. The number of aromatic amines is 1. The third kappa shape index (κ3) is 4.92. The number of aromatic nitrogens is 3. The summed E-state index contributed by atoms with van der Waals surface area (Å²) in [6, 6.07) is 0. The second-order valence-electron chi connectivity index (χ2n) is 5.95. The molecule has 0 saturated heterocycles. The topological polar surface area (TPSA) is 73.9 Å². The van der Waals surface area contributed by atoms with Crippen LogP contribution < -0.4 is 5.32 Å². The van der Waals surface area contributed by atoms with E-state index in [9.17, 15) is 4.79 Å². The molecule has 1 aromatic rings. The second-order valence-corrected chi connectivity index (χ2v) is 5.95. The molecule has 0 radical (unpaired) electrons. The maximum atomic E-state index is 11.9. The summed E-state index contributed by atoms with van der Waals surface area (Å²) in [5.41, 5.74) is -0.133. The van der Waals surface area contributed by atoms with E-state index in [1.54, 1.807) is 0 Å². The van der Waals surface area contributed by atoms with Gasteiger partial charge in [0.2, 0.25) is 5.82 Å². The summed E-state index contributed by atoms with van der Waals surface area (Å²) >= 11 is 0. The van der Waals surface area contributed by atoms with E-state index in [1.807, 2.05) is 20.8 Å². The molecule has 1 amide bonds. The molecule has 0 bridgehead atoms. The van der Waals surface area contributed by atoms with Gasteiger partial charge in [-0.1, -0.05) is 34.6 Å². The van der Waals surface area contributed by atoms with Gasteiger partial charge in [0.05, 0.1) is 0 Å². The van der Waals surface area contributed by atoms with Gasteiger partial charge < -0.3 is 10.2 Å². The van der Waals surface area contributed by atoms with Crippen molar-refractivity contribution in [3.8, 4) is 0 Å². The zero-order valence-electron chi connectivity index (χ0n) is 13.3. The van der Waals surface area contributed by atoms with Crippen molar-refractivity contribution in [3.05, 3.63) is 11.6 Å². The van der Waals surface area contributed by atoms with Gasteiger partial charge in [-0.15, -0.1) is 5.10 Å². The molecule has 0 fully saturated rings. The first-order valence-corrected chi connectivity index (χ1v) is 7.32. The van der Waals surface area contributed by atoms with E-state index in [0.29, 0.717) is 6.54 Å². The minimum atomic E-state index is -0.218. The van der Waals surface area contributed by atoms with Crippen LogP contribution in [0.4, 0.5) is 0 Å². The number of H-pyrrole nitrogens is 1. The molecule has 20 heavy (non-hydrogen) atoms. The van der Waals surface area contributed by atoms with E-state index < -0.39 is 0 Å². The fraction of sp³-hybridized carbons (Fsp3) is 0.786. The van der Waals surface area contributed by atoms with Gasteiger partial charge in [-0.25, -0.2) is 4.98 Å². The van der Waals surface area contributed by atoms with Gasteiger partial charge >= 0.3 is 0 Å². The quantitative estimate of drug-likeness (QED) is 0.795. The van der Waals surface area contributed by atoms with Crippen LogP contribution in [0.25, 0.3) is 0 Å². The molecule has 6 nitrogen and oxygen atoms in total. The van der Waals surface area contributed by atoms with Crippen molar-refractivity contribution in [1.82, 2.24) is 25.4 Å². The predicted molar refractivity (Wildman–Crippen MR) is 79.8 cm³/mol. The maximum absolute atomic E-state index is 11.9. The Morgan fingerprint density at radius 1 is 1.30 bits per heavy atom. The molecule has 0 unspecified atom stereocenters. The van der Waals surface area contributed by atoms with Crippen LogP contribution in [0.15, 0.2) is 0 Å². The molecule has 2 N–H and O–H groups in total. The number of likely N-dealkylation sites (N-methyl/N-ethyl adjacent to an activating group) is 1. The van der Waals surface area contributed by atoms with Gasteiger partial charge in [0, 0.05) is 18.5 Å². The minimum Gasteiger partial charge on any atom is -0.348 e. The molecule has 0 aliphatic rings. The molecule has 114 valence electrons.